The molecule has 0 saturated carbocycles. The second-order valence-corrected chi connectivity index (χ2v) is 4.92. The minimum atomic E-state index is -5.76. The van der Waals surface area contributed by atoms with E-state index < -0.39 is 28.0 Å². The first-order chi connectivity index (χ1) is 8.67. The highest BCUT2D eigenvalue weighted by Gasteiger charge is 2.47. The highest BCUT2D eigenvalue weighted by atomic mass is 32.2. The largest absolute Gasteiger partial charge is 0.523 e. The van der Waals surface area contributed by atoms with Gasteiger partial charge in [-0.2, -0.15) is 21.6 Å². The van der Waals surface area contributed by atoms with E-state index in [1.807, 2.05) is 0 Å². The van der Waals surface area contributed by atoms with Crippen molar-refractivity contribution in [2.24, 2.45) is 0 Å². The van der Waals surface area contributed by atoms with Crippen molar-refractivity contribution in [3.8, 4) is 5.75 Å². The highest BCUT2D eigenvalue weighted by molar-refractivity contribution is 7.87. The van der Waals surface area contributed by atoms with E-state index in [0.29, 0.717) is 5.75 Å². The molecule has 5 nitrogen and oxygen atoms in total. The van der Waals surface area contributed by atoms with Gasteiger partial charge in [0.25, 0.3) is 0 Å². The maximum Gasteiger partial charge on any atom is 0.523 e. The number of ketones is 1. The van der Waals surface area contributed by atoms with Crippen LogP contribution in [0, 0.1) is 0 Å². The number of halogens is 3. The smallest absolute Gasteiger partial charge is 0.497 e. The van der Waals surface area contributed by atoms with Crippen LogP contribution in [-0.4, -0.2) is 33.4 Å². The number of hydrogen-bond donors (Lipinski definition) is 0. The van der Waals surface area contributed by atoms with Crippen molar-refractivity contribution in [2.45, 2.75) is 5.51 Å². The van der Waals surface area contributed by atoms with Crippen molar-refractivity contribution in [3.05, 3.63) is 29.8 Å². The number of benzene rings is 1. The van der Waals surface area contributed by atoms with Crippen LogP contribution in [0.2, 0.25) is 0 Å². The third kappa shape index (κ3) is 3.93. The zero-order chi connectivity index (χ0) is 14.7. The SMILES string of the molecule is COc1ccc(C(=O)COS(=O)(=O)C(F)(F)F)cc1. The predicted octanol–water partition coefficient (Wildman–Crippen LogP) is 1.74. The van der Waals surface area contributed by atoms with Gasteiger partial charge in [0.2, 0.25) is 0 Å². The van der Waals surface area contributed by atoms with Crippen LogP contribution < -0.4 is 4.74 Å². The lowest BCUT2D eigenvalue weighted by atomic mass is 10.1. The molecule has 0 aliphatic rings. The lowest BCUT2D eigenvalue weighted by Gasteiger charge is -2.07. The van der Waals surface area contributed by atoms with Gasteiger partial charge in [0, 0.05) is 5.56 Å². The third-order valence-corrected chi connectivity index (χ3v) is 3.04. The van der Waals surface area contributed by atoms with Crippen molar-refractivity contribution in [2.75, 3.05) is 13.7 Å². The van der Waals surface area contributed by atoms with E-state index in [1.165, 1.54) is 31.4 Å². The molecule has 1 aromatic carbocycles. The molecular weight excluding hydrogens is 289 g/mol. The maximum absolute atomic E-state index is 11.9. The molecule has 0 aliphatic heterocycles. The molecule has 0 saturated heterocycles. The minimum Gasteiger partial charge on any atom is -0.497 e. The topological polar surface area (TPSA) is 69.7 Å². The Morgan fingerprint density at radius 1 is 1.21 bits per heavy atom. The summed E-state index contributed by atoms with van der Waals surface area (Å²) >= 11 is 0. The molecule has 106 valence electrons. The van der Waals surface area contributed by atoms with Gasteiger partial charge >= 0.3 is 15.6 Å². The fraction of sp³-hybridized carbons (Fsp3) is 0.300. The maximum atomic E-state index is 11.9. The first-order valence-corrected chi connectivity index (χ1v) is 6.21. The van der Waals surface area contributed by atoms with Crippen molar-refractivity contribution in [1.82, 2.24) is 0 Å². The van der Waals surface area contributed by atoms with Gasteiger partial charge in [-0.15, -0.1) is 0 Å². The molecule has 1 aromatic rings. The molecule has 0 spiro atoms. The summed E-state index contributed by atoms with van der Waals surface area (Å²) in [6.45, 7) is -1.21. The van der Waals surface area contributed by atoms with Crippen molar-refractivity contribution >= 4 is 15.9 Å². The van der Waals surface area contributed by atoms with Gasteiger partial charge in [-0.05, 0) is 24.3 Å². The molecule has 0 N–H and O–H groups in total. The summed E-state index contributed by atoms with van der Waals surface area (Å²) in [6.07, 6.45) is 0. The number of hydrogen-bond acceptors (Lipinski definition) is 5. The number of ether oxygens (including phenoxy) is 1. The number of carbonyl (C=O) groups is 1. The summed E-state index contributed by atoms with van der Waals surface area (Å²) in [4.78, 5) is 11.4. The van der Waals surface area contributed by atoms with E-state index in [1.54, 1.807) is 0 Å². The number of Topliss-reactive ketones (excluding diaryl/α,β-unsaturated/α-hetero) is 1. The summed E-state index contributed by atoms with van der Waals surface area (Å²) in [6, 6.07) is 5.38. The molecule has 0 aliphatic carbocycles. The second-order valence-electron chi connectivity index (χ2n) is 3.31. The Kier molecular flexibility index (Phi) is 4.53. The Bertz CT molecular complexity index is 548. The number of methoxy groups -OCH3 is 1. The van der Waals surface area contributed by atoms with Crippen LogP contribution in [0.1, 0.15) is 10.4 Å². The average Bonchev–Trinajstić information content (AvgIpc) is 2.35. The molecule has 1 rings (SSSR count). The van der Waals surface area contributed by atoms with Crippen LogP contribution in [0.15, 0.2) is 24.3 Å². The Labute approximate surface area is 107 Å². The van der Waals surface area contributed by atoms with Crippen LogP contribution in [0.3, 0.4) is 0 Å². The molecule has 0 bridgehead atoms. The first kappa shape index (κ1) is 15.4. The third-order valence-electron chi connectivity index (χ3n) is 2.04. The van der Waals surface area contributed by atoms with Gasteiger partial charge in [-0.1, -0.05) is 0 Å². The molecule has 0 heterocycles. The lowest BCUT2D eigenvalue weighted by molar-refractivity contribution is -0.0536. The number of alkyl halides is 3. The molecule has 0 radical (unpaired) electrons. The van der Waals surface area contributed by atoms with Gasteiger partial charge < -0.3 is 4.74 Å². The van der Waals surface area contributed by atoms with Crippen molar-refractivity contribution in [3.63, 3.8) is 0 Å². The fourth-order valence-electron chi connectivity index (χ4n) is 1.06. The minimum absolute atomic E-state index is 0.0122. The zero-order valence-corrected chi connectivity index (χ0v) is 10.4. The van der Waals surface area contributed by atoms with Crippen LogP contribution in [0.25, 0.3) is 0 Å². The molecule has 0 atom stereocenters. The molecular formula is C10H9F3O5S. The molecule has 0 unspecified atom stereocenters. The Balaban J connectivity index is 2.71. The fourth-order valence-corrected chi connectivity index (χ4v) is 1.45. The summed E-state index contributed by atoms with van der Waals surface area (Å²) in [5.74, 6) is -0.448. The number of rotatable bonds is 5. The van der Waals surface area contributed by atoms with Crippen molar-refractivity contribution in [1.29, 1.82) is 0 Å². The van der Waals surface area contributed by atoms with Crippen LogP contribution >= 0.6 is 0 Å². The summed E-state index contributed by atoms with van der Waals surface area (Å²) in [7, 11) is -4.36. The average molecular weight is 298 g/mol. The Morgan fingerprint density at radius 2 is 1.74 bits per heavy atom. The predicted molar refractivity (Wildman–Crippen MR) is 58.3 cm³/mol. The van der Waals surface area contributed by atoms with Crippen LogP contribution in [0.5, 0.6) is 5.75 Å². The van der Waals surface area contributed by atoms with Gasteiger partial charge in [0.1, 0.15) is 12.4 Å². The summed E-state index contributed by atoms with van der Waals surface area (Å²) in [5.41, 5.74) is -5.54. The second kappa shape index (κ2) is 5.57. The zero-order valence-electron chi connectivity index (χ0n) is 9.60. The van der Waals surface area contributed by atoms with Gasteiger partial charge in [-0.3, -0.25) is 8.98 Å². The Hall–Kier alpha value is -1.61. The highest BCUT2D eigenvalue weighted by Crippen LogP contribution is 2.24. The van der Waals surface area contributed by atoms with Crippen molar-refractivity contribution < 1.29 is 35.3 Å². The molecule has 19 heavy (non-hydrogen) atoms. The van der Waals surface area contributed by atoms with E-state index >= 15 is 0 Å². The summed E-state index contributed by atoms with van der Waals surface area (Å²) < 4.78 is 65.4. The van der Waals surface area contributed by atoms with Gasteiger partial charge in [0.15, 0.2) is 5.78 Å². The molecule has 9 heteroatoms. The van der Waals surface area contributed by atoms with E-state index in [2.05, 4.69) is 4.18 Å². The van der Waals surface area contributed by atoms with Gasteiger partial charge in [0.05, 0.1) is 7.11 Å². The van der Waals surface area contributed by atoms with E-state index in [9.17, 15) is 26.4 Å². The molecule has 0 fully saturated rings. The standard InChI is InChI=1S/C10H9F3O5S/c1-17-8-4-2-7(3-5-8)9(14)6-18-19(15,16)10(11,12)13/h2-5H,6H2,1H3. The summed E-state index contributed by atoms with van der Waals surface area (Å²) in [5, 5.41) is 0. The first-order valence-electron chi connectivity index (χ1n) is 4.80. The normalized spacial score (nSPS) is 12.2. The lowest BCUT2D eigenvalue weighted by Crippen LogP contribution is -2.27. The monoisotopic (exact) mass is 298 g/mol. The van der Waals surface area contributed by atoms with Crippen LogP contribution in [-0.2, 0) is 14.3 Å². The molecule has 0 amide bonds. The number of carbonyl (C=O) groups excluding carboxylic acids is 1. The van der Waals surface area contributed by atoms with Crippen LogP contribution in [0.4, 0.5) is 13.2 Å². The van der Waals surface area contributed by atoms with Gasteiger partial charge in [-0.25, -0.2) is 0 Å². The quantitative estimate of drug-likeness (QED) is 0.470. The van der Waals surface area contributed by atoms with E-state index in [-0.39, 0.29) is 5.56 Å². The van der Waals surface area contributed by atoms with E-state index in [0.717, 1.165) is 0 Å². The Morgan fingerprint density at radius 3 is 2.16 bits per heavy atom. The molecule has 0 aromatic heterocycles. The van der Waals surface area contributed by atoms with E-state index in [4.69, 9.17) is 4.74 Å².